The molecule has 1 aromatic rings. The molecule has 6 heteroatoms. The molecular weight excluding hydrogens is 278 g/mol. The fraction of sp³-hybridized carbons (Fsp3) is 0.571. The van der Waals surface area contributed by atoms with Gasteiger partial charge in [0.05, 0.1) is 23.6 Å². The lowest BCUT2D eigenvalue weighted by atomic mass is 9.97. The van der Waals surface area contributed by atoms with Crippen LogP contribution in [0.1, 0.15) is 30.9 Å². The summed E-state index contributed by atoms with van der Waals surface area (Å²) < 4.78 is 33.2. The molecule has 20 heavy (non-hydrogen) atoms. The van der Waals surface area contributed by atoms with Crippen LogP contribution >= 0.6 is 0 Å². The molecule has 0 bridgehead atoms. The normalized spacial score (nSPS) is 23.8. The molecule has 2 N–H and O–H groups in total. The lowest BCUT2D eigenvalue weighted by molar-refractivity contribution is 0.0386. The molecule has 112 valence electrons. The van der Waals surface area contributed by atoms with Gasteiger partial charge in [0.25, 0.3) is 0 Å². The highest BCUT2D eigenvalue weighted by molar-refractivity contribution is 7.89. The predicted molar refractivity (Wildman–Crippen MR) is 75.9 cm³/mol. The third kappa shape index (κ3) is 3.38. The van der Waals surface area contributed by atoms with Crippen molar-refractivity contribution >= 4 is 10.0 Å². The van der Waals surface area contributed by atoms with E-state index in [2.05, 4.69) is 4.72 Å². The lowest BCUT2D eigenvalue weighted by Gasteiger charge is -2.34. The number of nitrogens with one attached hydrogen (secondary N) is 1. The zero-order chi connectivity index (χ0) is 14.8. The van der Waals surface area contributed by atoms with Crippen LogP contribution in [0.3, 0.4) is 0 Å². The third-order valence-corrected chi connectivity index (χ3v) is 5.32. The molecule has 0 radical (unpaired) electrons. The van der Waals surface area contributed by atoms with Crippen LogP contribution < -0.4 is 4.72 Å². The monoisotopic (exact) mass is 299 g/mol. The Bertz CT molecular complexity index is 577. The lowest BCUT2D eigenvalue weighted by Crippen LogP contribution is -2.51. The van der Waals surface area contributed by atoms with Crippen molar-refractivity contribution in [2.45, 2.75) is 43.7 Å². The molecule has 1 aromatic carbocycles. The van der Waals surface area contributed by atoms with Crippen molar-refractivity contribution in [1.82, 2.24) is 4.72 Å². The van der Waals surface area contributed by atoms with Crippen LogP contribution in [0.4, 0.5) is 0 Å². The Morgan fingerprint density at radius 1 is 1.45 bits per heavy atom. The minimum Gasteiger partial charge on any atom is -0.392 e. The van der Waals surface area contributed by atoms with Crippen LogP contribution in [-0.2, 0) is 21.4 Å². The van der Waals surface area contributed by atoms with E-state index in [9.17, 15) is 8.42 Å². The number of rotatable bonds is 4. The van der Waals surface area contributed by atoms with E-state index in [1.54, 1.807) is 19.1 Å². The molecule has 1 atom stereocenters. The van der Waals surface area contributed by atoms with E-state index < -0.39 is 15.6 Å². The smallest absolute Gasteiger partial charge is 0.241 e. The van der Waals surface area contributed by atoms with Gasteiger partial charge in [0.15, 0.2) is 0 Å². The Hall–Kier alpha value is -0.950. The van der Waals surface area contributed by atoms with E-state index in [0.717, 1.165) is 12.8 Å². The van der Waals surface area contributed by atoms with Gasteiger partial charge in [0.2, 0.25) is 10.0 Å². The molecule has 1 saturated heterocycles. The highest BCUT2D eigenvalue weighted by atomic mass is 32.2. The summed E-state index contributed by atoms with van der Waals surface area (Å²) in [5, 5.41) is 9.16. The van der Waals surface area contributed by atoms with Crippen molar-refractivity contribution in [3.05, 3.63) is 29.3 Å². The Morgan fingerprint density at radius 3 is 2.80 bits per heavy atom. The fourth-order valence-electron chi connectivity index (χ4n) is 2.43. The average Bonchev–Trinajstić information content (AvgIpc) is 2.38. The second kappa shape index (κ2) is 5.81. The van der Waals surface area contributed by atoms with Gasteiger partial charge in [-0.1, -0.05) is 12.1 Å². The molecule has 0 saturated carbocycles. The van der Waals surface area contributed by atoms with Crippen molar-refractivity contribution in [2.24, 2.45) is 0 Å². The van der Waals surface area contributed by atoms with Crippen LogP contribution in [0.2, 0.25) is 0 Å². The van der Waals surface area contributed by atoms with Crippen molar-refractivity contribution in [2.75, 3.05) is 13.2 Å². The minimum atomic E-state index is -3.62. The minimum absolute atomic E-state index is 0.177. The number of ether oxygens (including phenoxy) is 1. The number of hydrogen-bond donors (Lipinski definition) is 2. The van der Waals surface area contributed by atoms with Crippen LogP contribution in [-0.4, -0.2) is 32.3 Å². The van der Waals surface area contributed by atoms with Crippen LogP contribution in [0.15, 0.2) is 23.1 Å². The van der Waals surface area contributed by atoms with Crippen molar-refractivity contribution in [3.63, 3.8) is 0 Å². The molecule has 1 fully saturated rings. The van der Waals surface area contributed by atoms with Crippen molar-refractivity contribution in [1.29, 1.82) is 0 Å². The second-order valence-electron chi connectivity index (χ2n) is 5.58. The van der Waals surface area contributed by atoms with Crippen LogP contribution in [0, 0.1) is 6.92 Å². The molecule has 5 nitrogen and oxygen atoms in total. The van der Waals surface area contributed by atoms with Gasteiger partial charge in [-0.3, -0.25) is 0 Å². The summed E-state index contributed by atoms with van der Waals surface area (Å²) in [7, 11) is -3.62. The van der Waals surface area contributed by atoms with Crippen LogP contribution in [0.5, 0.6) is 0 Å². The highest BCUT2D eigenvalue weighted by Crippen LogP contribution is 2.24. The first kappa shape index (κ1) is 15.4. The zero-order valence-electron chi connectivity index (χ0n) is 11.8. The van der Waals surface area contributed by atoms with Gasteiger partial charge in [-0.05, 0) is 43.9 Å². The van der Waals surface area contributed by atoms with E-state index in [1.807, 2.05) is 6.92 Å². The Kier molecular flexibility index (Phi) is 4.49. The SMILES string of the molecule is Cc1ccc(CO)cc1S(=O)(=O)NC1(C)CCCOC1. The van der Waals surface area contributed by atoms with Gasteiger partial charge in [0, 0.05) is 6.61 Å². The molecule has 0 aliphatic carbocycles. The summed E-state index contributed by atoms with van der Waals surface area (Å²) in [6, 6.07) is 4.95. The van der Waals surface area contributed by atoms with Crippen LogP contribution in [0.25, 0.3) is 0 Å². The summed E-state index contributed by atoms with van der Waals surface area (Å²) in [6.07, 6.45) is 1.60. The Morgan fingerprint density at radius 2 is 2.20 bits per heavy atom. The molecule has 1 unspecified atom stereocenters. The number of hydrogen-bond acceptors (Lipinski definition) is 4. The van der Waals surface area contributed by atoms with Gasteiger partial charge in [0.1, 0.15) is 0 Å². The first-order valence-corrected chi connectivity index (χ1v) is 8.17. The summed E-state index contributed by atoms with van der Waals surface area (Å²) in [6.45, 7) is 4.48. The maximum Gasteiger partial charge on any atom is 0.241 e. The topological polar surface area (TPSA) is 75.6 Å². The zero-order valence-corrected chi connectivity index (χ0v) is 12.7. The Labute approximate surface area is 120 Å². The van der Waals surface area contributed by atoms with Gasteiger partial charge in [-0.25, -0.2) is 13.1 Å². The second-order valence-corrected chi connectivity index (χ2v) is 7.23. The number of benzene rings is 1. The third-order valence-electron chi connectivity index (χ3n) is 3.54. The summed E-state index contributed by atoms with van der Waals surface area (Å²) in [5.41, 5.74) is 0.676. The predicted octanol–water partition coefficient (Wildman–Crippen LogP) is 1.33. The standard InChI is InChI=1S/C14H21NO4S/c1-11-4-5-12(9-16)8-13(11)20(17,18)15-14(2)6-3-7-19-10-14/h4-5,8,15-16H,3,6-7,9-10H2,1-2H3. The number of sulfonamides is 1. The van der Waals surface area contributed by atoms with Gasteiger partial charge < -0.3 is 9.84 Å². The molecule has 0 amide bonds. The molecule has 0 aromatic heterocycles. The van der Waals surface area contributed by atoms with Crippen molar-refractivity contribution < 1.29 is 18.3 Å². The van der Waals surface area contributed by atoms with Gasteiger partial charge in [-0.2, -0.15) is 0 Å². The van der Waals surface area contributed by atoms with Gasteiger partial charge >= 0.3 is 0 Å². The maximum atomic E-state index is 12.5. The summed E-state index contributed by atoms with van der Waals surface area (Å²) >= 11 is 0. The number of aliphatic hydroxyl groups is 1. The van der Waals surface area contributed by atoms with E-state index in [4.69, 9.17) is 9.84 Å². The fourth-order valence-corrected chi connectivity index (χ4v) is 4.14. The first-order chi connectivity index (χ1) is 9.36. The first-order valence-electron chi connectivity index (χ1n) is 6.68. The highest BCUT2D eigenvalue weighted by Gasteiger charge is 2.33. The molecule has 1 aliphatic heterocycles. The van der Waals surface area contributed by atoms with Crippen molar-refractivity contribution in [3.8, 4) is 0 Å². The largest absolute Gasteiger partial charge is 0.392 e. The quantitative estimate of drug-likeness (QED) is 0.879. The molecule has 2 rings (SSSR count). The molecule has 1 aliphatic rings. The summed E-state index contributed by atoms with van der Waals surface area (Å²) in [5.74, 6) is 0. The number of aliphatic hydroxyl groups excluding tert-OH is 1. The molecule has 1 heterocycles. The Balaban J connectivity index is 2.30. The van der Waals surface area contributed by atoms with Gasteiger partial charge in [-0.15, -0.1) is 0 Å². The average molecular weight is 299 g/mol. The van der Waals surface area contributed by atoms with E-state index in [-0.39, 0.29) is 11.5 Å². The number of aryl methyl sites for hydroxylation is 1. The summed E-state index contributed by atoms with van der Waals surface area (Å²) in [4.78, 5) is 0.218. The van der Waals surface area contributed by atoms with E-state index in [0.29, 0.717) is 24.3 Å². The maximum absolute atomic E-state index is 12.5. The van der Waals surface area contributed by atoms with E-state index in [1.165, 1.54) is 6.07 Å². The molecular formula is C14H21NO4S. The van der Waals surface area contributed by atoms with E-state index >= 15 is 0 Å². The molecule has 0 spiro atoms.